The summed E-state index contributed by atoms with van der Waals surface area (Å²) in [4.78, 5) is 39.2. The quantitative estimate of drug-likeness (QED) is 0.404. The van der Waals surface area contributed by atoms with E-state index < -0.39 is 0 Å². The van der Waals surface area contributed by atoms with E-state index in [9.17, 15) is 9.59 Å². The normalized spacial score (nSPS) is 24.4. The molecule has 4 aliphatic rings. The highest BCUT2D eigenvalue weighted by Crippen LogP contribution is 2.34. The summed E-state index contributed by atoms with van der Waals surface area (Å²) in [5.74, 6) is 1.34. The number of carbonyl (C=O) groups excluding carboxylic acids is 2. The summed E-state index contributed by atoms with van der Waals surface area (Å²) < 4.78 is 23.0. The Morgan fingerprint density at radius 3 is 1.61 bits per heavy atom. The van der Waals surface area contributed by atoms with Crippen LogP contribution in [0.4, 0.5) is 11.4 Å². The van der Waals surface area contributed by atoms with Crippen molar-refractivity contribution < 1.29 is 28.5 Å². The minimum Gasteiger partial charge on any atom is -0.497 e. The zero-order valence-corrected chi connectivity index (χ0v) is 23.5. The molecular weight excluding hydrogens is 524 g/mol. The van der Waals surface area contributed by atoms with Gasteiger partial charge in [0.25, 0.3) is 11.8 Å². The lowest BCUT2D eigenvalue weighted by molar-refractivity contribution is 0.0317. The standard InChI is InChI=1S/C31H36N4O6/c1-38-20-6-8-22-24(16-20)32-18-26-28(10-12-34(26)30(22)36)40-14-4-3-5-15-41-29-11-13-35-27(29)19-33-25-17-21(39-2)7-9-23(25)31(35)37/h6-9,16-19,26-29H,3-5,10-15H2,1-2H3/t26-,27-,28?,29?/m0/s1. The molecule has 4 atom stereocenters. The van der Waals surface area contributed by atoms with Gasteiger partial charge in [0.2, 0.25) is 0 Å². The van der Waals surface area contributed by atoms with E-state index in [1.54, 1.807) is 50.6 Å². The maximum Gasteiger partial charge on any atom is 0.256 e. The van der Waals surface area contributed by atoms with Gasteiger partial charge in [0.05, 0.1) is 61.0 Å². The molecule has 0 aliphatic carbocycles. The second-order valence-corrected chi connectivity index (χ2v) is 10.8. The molecule has 4 heterocycles. The molecule has 0 aromatic heterocycles. The van der Waals surface area contributed by atoms with Gasteiger partial charge in [-0.1, -0.05) is 0 Å². The third-order valence-electron chi connectivity index (χ3n) is 8.37. The van der Waals surface area contributed by atoms with Crippen LogP contribution in [-0.2, 0) is 9.47 Å². The third kappa shape index (κ3) is 5.46. The van der Waals surface area contributed by atoms with E-state index in [1.807, 2.05) is 22.2 Å². The van der Waals surface area contributed by atoms with Gasteiger partial charge < -0.3 is 28.7 Å². The Balaban J connectivity index is 0.940. The lowest BCUT2D eigenvalue weighted by atomic mass is 10.1. The maximum absolute atomic E-state index is 13.1. The van der Waals surface area contributed by atoms with E-state index in [-0.39, 0.29) is 36.1 Å². The maximum atomic E-state index is 13.1. The van der Waals surface area contributed by atoms with E-state index in [0.717, 1.165) is 32.1 Å². The van der Waals surface area contributed by atoms with Crippen molar-refractivity contribution in [2.45, 2.75) is 56.4 Å². The van der Waals surface area contributed by atoms with Crippen molar-refractivity contribution in [3.8, 4) is 11.5 Å². The van der Waals surface area contributed by atoms with Crippen molar-refractivity contribution in [1.82, 2.24) is 9.80 Å². The first-order valence-electron chi connectivity index (χ1n) is 14.4. The molecular formula is C31H36N4O6. The Kier molecular flexibility index (Phi) is 8.02. The molecule has 0 spiro atoms. The fourth-order valence-electron chi connectivity index (χ4n) is 6.09. The van der Waals surface area contributed by atoms with Gasteiger partial charge in [0, 0.05) is 50.9 Å². The van der Waals surface area contributed by atoms with E-state index >= 15 is 0 Å². The summed E-state index contributed by atoms with van der Waals surface area (Å²) in [5, 5.41) is 0. The lowest BCUT2D eigenvalue weighted by Gasteiger charge is -2.24. The van der Waals surface area contributed by atoms with Crippen molar-refractivity contribution in [1.29, 1.82) is 0 Å². The topological polar surface area (TPSA) is 102 Å². The van der Waals surface area contributed by atoms with E-state index in [1.165, 1.54) is 0 Å². The Hall–Kier alpha value is -3.76. The first-order valence-corrected chi connectivity index (χ1v) is 14.4. The summed E-state index contributed by atoms with van der Waals surface area (Å²) >= 11 is 0. The Morgan fingerprint density at radius 1 is 0.707 bits per heavy atom. The average molecular weight is 561 g/mol. The zero-order valence-electron chi connectivity index (χ0n) is 23.5. The Bertz CT molecular complexity index is 1260. The molecule has 4 aliphatic heterocycles. The number of fused-ring (bicyclic) bond motifs is 4. The van der Waals surface area contributed by atoms with Gasteiger partial charge in [0.1, 0.15) is 11.5 Å². The predicted molar refractivity (Wildman–Crippen MR) is 155 cm³/mol. The molecule has 0 saturated carbocycles. The van der Waals surface area contributed by atoms with Crippen LogP contribution in [0.3, 0.4) is 0 Å². The van der Waals surface area contributed by atoms with Gasteiger partial charge in [-0.05, 0) is 56.4 Å². The van der Waals surface area contributed by atoms with Gasteiger partial charge in [0.15, 0.2) is 0 Å². The van der Waals surface area contributed by atoms with Crippen LogP contribution in [0, 0.1) is 0 Å². The first kappa shape index (κ1) is 27.4. The highest BCUT2D eigenvalue weighted by molar-refractivity contribution is 6.04. The highest BCUT2D eigenvalue weighted by Gasteiger charge is 2.40. The minimum absolute atomic E-state index is 0.0112. The molecule has 2 unspecified atom stereocenters. The van der Waals surface area contributed by atoms with Crippen molar-refractivity contribution in [2.75, 3.05) is 40.5 Å². The van der Waals surface area contributed by atoms with Gasteiger partial charge in [-0.25, -0.2) is 0 Å². The number of methoxy groups -OCH3 is 2. The monoisotopic (exact) mass is 560 g/mol. The molecule has 10 nitrogen and oxygen atoms in total. The Morgan fingerprint density at radius 2 is 1.17 bits per heavy atom. The van der Waals surface area contributed by atoms with Crippen molar-refractivity contribution in [3.05, 3.63) is 47.5 Å². The van der Waals surface area contributed by atoms with Crippen molar-refractivity contribution >= 4 is 35.6 Å². The smallest absolute Gasteiger partial charge is 0.256 e. The molecule has 2 aromatic rings. The van der Waals surface area contributed by atoms with Crippen LogP contribution in [0.15, 0.2) is 46.4 Å². The minimum atomic E-state index is -0.161. The van der Waals surface area contributed by atoms with Crippen LogP contribution in [0.1, 0.15) is 52.8 Å². The van der Waals surface area contributed by atoms with E-state index in [4.69, 9.17) is 18.9 Å². The largest absolute Gasteiger partial charge is 0.497 e. The number of rotatable bonds is 10. The molecule has 2 fully saturated rings. The third-order valence-corrected chi connectivity index (χ3v) is 8.37. The number of hydrogen-bond acceptors (Lipinski definition) is 8. The molecule has 10 heteroatoms. The molecule has 0 N–H and O–H groups in total. The molecule has 41 heavy (non-hydrogen) atoms. The number of benzene rings is 2. The first-order chi connectivity index (χ1) is 20.1. The second-order valence-electron chi connectivity index (χ2n) is 10.8. The Labute approximate surface area is 239 Å². The molecule has 216 valence electrons. The number of carbonyl (C=O) groups is 2. The number of nitrogens with zero attached hydrogens (tertiary/aromatic N) is 4. The average Bonchev–Trinajstić information content (AvgIpc) is 3.53. The SMILES string of the molecule is COc1ccc2c(c1)N=C[C@H]1C(OCCCCCOC3CCN4C(=O)c5ccc(OC)cc5N=C[C@@H]34)CCN1C2=O. The summed E-state index contributed by atoms with van der Waals surface area (Å²) in [7, 11) is 3.21. The van der Waals surface area contributed by atoms with Crippen LogP contribution in [-0.4, -0.2) is 98.9 Å². The van der Waals surface area contributed by atoms with Crippen molar-refractivity contribution in [2.24, 2.45) is 9.98 Å². The molecule has 0 radical (unpaired) electrons. The number of unbranched alkanes of at least 4 members (excludes halogenated alkanes) is 2. The molecule has 2 aromatic carbocycles. The van der Waals surface area contributed by atoms with Crippen LogP contribution in [0.25, 0.3) is 0 Å². The summed E-state index contributed by atoms with van der Waals surface area (Å²) in [5.41, 5.74) is 2.47. The van der Waals surface area contributed by atoms with Gasteiger partial charge >= 0.3 is 0 Å². The van der Waals surface area contributed by atoms with E-state index in [0.29, 0.717) is 60.3 Å². The number of ether oxygens (including phenoxy) is 4. The zero-order chi connectivity index (χ0) is 28.3. The summed E-state index contributed by atoms with van der Waals surface area (Å²) in [6, 6.07) is 10.4. The predicted octanol–water partition coefficient (Wildman–Crippen LogP) is 4.21. The summed E-state index contributed by atoms with van der Waals surface area (Å²) in [6.07, 6.45) is 7.96. The van der Waals surface area contributed by atoms with Crippen LogP contribution < -0.4 is 9.47 Å². The van der Waals surface area contributed by atoms with Crippen LogP contribution in [0.2, 0.25) is 0 Å². The fraction of sp³-hybridized carbons (Fsp3) is 0.484. The van der Waals surface area contributed by atoms with Crippen LogP contribution in [0.5, 0.6) is 11.5 Å². The fourth-order valence-corrected chi connectivity index (χ4v) is 6.09. The molecule has 2 saturated heterocycles. The number of aliphatic imine (C=N–C) groups is 2. The number of hydrogen-bond donors (Lipinski definition) is 0. The van der Waals surface area contributed by atoms with Gasteiger partial charge in [-0.15, -0.1) is 0 Å². The van der Waals surface area contributed by atoms with Gasteiger partial charge in [-0.3, -0.25) is 19.6 Å². The lowest BCUT2D eigenvalue weighted by Crippen LogP contribution is -2.40. The van der Waals surface area contributed by atoms with Crippen LogP contribution >= 0.6 is 0 Å². The molecule has 2 amide bonds. The van der Waals surface area contributed by atoms with Gasteiger partial charge in [-0.2, -0.15) is 0 Å². The van der Waals surface area contributed by atoms with Crippen molar-refractivity contribution in [3.63, 3.8) is 0 Å². The molecule has 0 bridgehead atoms. The molecule has 6 rings (SSSR count). The number of amides is 2. The summed E-state index contributed by atoms with van der Waals surface area (Å²) in [6.45, 7) is 2.56. The second kappa shape index (κ2) is 12.0. The van der Waals surface area contributed by atoms with E-state index in [2.05, 4.69) is 9.98 Å². The highest BCUT2D eigenvalue weighted by atomic mass is 16.5.